The van der Waals surface area contributed by atoms with Crippen LogP contribution in [0.5, 0.6) is 5.75 Å². The third kappa shape index (κ3) is 2.82. The zero-order valence-electron chi connectivity index (χ0n) is 10.7. The van der Waals surface area contributed by atoms with Gasteiger partial charge in [-0.25, -0.2) is 0 Å². The second-order valence-corrected chi connectivity index (χ2v) is 5.57. The average molecular weight is 277 g/mol. The van der Waals surface area contributed by atoms with Crippen LogP contribution in [0.25, 0.3) is 10.8 Å². The number of ether oxygens (including phenoxy) is 1. The van der Waals surface area contributed by atoms with E-state index in [9.17, 15) is 0 Å². The zero-order chi connectivity index (χ0) is 13.2. The van der Waals surface area contributed by atoms with Gasteiger partial charge in [0.1, 0.15) is 5.75 Å². The molecule has 0 aliphatic heterocycles. The molecule has 19 heavy (non-hydrogen) atoms. The van der Waals surface area contributed by atoms with Gasteiger partial charge in [-0.1, -0.05) is 11.6 Å². The van der Waals surface area contributed by atoms with E-state index >= 15 is 0 Å². The Hall–Kier alpha value is -1.32. The van der Waals surface area contributed by atoms with Crippen LogP contribution in [0.2, 0.25) is 5.02 Å². The van der Waals surface area contributed by atoms with Crippen LogP contribution < -0.4 is 10.5 Å². The van der Waals surface area contributed by atoms with Crippen molar-refractivity contribution in [3.63, 3.8) is 0 Å². The van der Waals surface area contributed by atoms with Crippen molar-refractivity contribution in [3.05, 3.63) is 35.6 Å². The lowest BCUT2D eigenvalue weighted by Crippen LogP contribution is -2.31. The van der Waals surface area contributed by atoms with E-state index in [4.69, 9.17) is 22.1 Å². The predicted octanol–water partition coefficient (Wildman–Crippen LogP) is 3.54. The summed E-state index contributed by atoms with van der Waals surface area (Å²) in [7, 11) is 0. The van der Waals surface area contributed by atoms with Crippen LogP contribution >= 0.6 is 11.6 Å². The number of nitrogens with two attached hydrogens (primary N) is 1. The summed E-state index contributed by atoms with van der Waals surface area (Å²) in [4.78, 5) is 4.09. The third-order valence-corrected chi connectivity index (χ3v) is 4.00. The predicted molar refractivity (Wildman–Crippen MR) is 77.6 cm³/mol. The van der Waals surface area contributed by atoms with Crippen LogP contribution in [0.1, 0.15) is 25.7 Å². The molecule has 1 aromatic heterocycles. The Labute approximate surface area is 117 Å². The summed E-state index contributed by atoms with van der Waals surface area (Å²) >= 11 is 6.27. The van der Waals surface area contributed by atoms with Crippen molar-refractivity contribution in [2.24, 2.45) is 5.73 Å². The lowest BCUT2D eigenvalue weighted by Gasteiger charge is -2.27. The second-order valence-electron chi connectivity index (χ2n) is 5.16. The molecule has 1 aliphatic rings. The van der Waals surface area contributed by atoms with Crippen molar-refractivity contribution >= 4 is 22.4 Å². The van der Waals surface area contributed by atoms with Gasteiger partial charge in [0, 0.05) is 23.8 Å². The summed E-state index contributed by atoms with van der Waals surface area (Å²) in [6.45, 7) is 0. The summed E-state index contributed by atoms with van der Waals surface area (Å²) in [6, 6.07) is 6.20. The first-order valence-corrected chi connectivity index (χ1v) is 7.05. The topological polar surface area (TPSA) is 48.1 Å². The van der Waals surface area contributed by atoms with Crippen LogP contribution in [-0.2, 0) is 0 Å². The molecule has 3 nitrogen and oxygen atoms in total. The standard InChI is InChI=1S/C15H17ClN2O/c16-14-7-11-9-18-6-5-10(11)8-15(14)19-13-3-1-12(17)2-4-13/h5-9,12-13H,1-4,17H2/t12-,13-. The molecule has 2 aromatic rings. The minimum atomic E-state index is 0.233. The molecule has 1 aliphatic carbocycles. The maximum atomic E-state index is 6.27. The molecule has 0 amide bonds. The number of hydrogen-bond donors (Lipinski definition) is 1. The Kier molecular flexibility index (Phi) is 3.58. The van der Waals surface area contributed by atoms with Gasteiger partial charge in [-0.2, -0.15) is 0 Å². The molecule has 1 fully saturated rings. The van der Waals surface area contributed by atoms with E-state index in [2.05, 4.69) is 4.98 Å². The van der Waals surface area contributed by atoms with E-state index in [1.807, 2.05) is 24.4 Å². The molecule has 2 N–H and O–H groups in total. The minimum absolute atomic E-state index is 0.233. The number of hydrogen-bond acceptors (Lipinski definition) is 3. The first-order chi connectivity index (χ1) is 9.22. The van der Waals surface area contributed by atoms with Gasteiger partial charge in [0.2, 0.25) is 0 Å². The lowest BCUT2D eigenvalue weighted by molar-refractivity contribution is 0.147. The molecular weight excluding hydrogens is 260 g/mol. The first kappa shape index (κ1) is 12.7. The van der Waals surface area contributed by atoms with Gasteiger partial charge in [0.05, 0.1) is 11.1 Å². The highest BCUT2D eigenvalue weighted by Crippen LogP contribution is 2.32. The molecule has 0 spiro atoms. The van der Waals surface area contributed by atoms with Crippen LogP contribution in [0.3, 0.4) is 0 Å². The van der Waals surface area contributed by atoms with Crippen molar-refractivity contribution in [1.29, 1.82) is 0 Å². The van der Waals surface area contributed by atoms with Crippen molar-refractivity contribution in [3.8, 4) is 5.75 Å². The summed E-state index contributed by atoms with van der Waals surface area (Å²) in [5.74, 6) is 0.765. The molecule has 1 saturated carbocycles. The van der Waals surface area contributed by atoms with Crippen molar-refractivity contribution < 1.29 is 4.74 Å². The SMILES string of the molecule is N[C@H]1CC[C@H](Oc2cc3ccncc3cc2Cl)CC1. The van der Waals surface area contributed by atoms with Crippen molar-refractivity contribution in [2.75, 3.05) is 0 Å². The van der Waals surface area contributed by atoms with Gasteiger partial charge >= 0.3 is 0 Å². The zero-order valence-corrected chi connectivity index (χ0v) is 11.4. The van der Waals surface area contributed by atoms with Crippen molar-refractivity contribution in [1.82, 2.24) is 4.98 Å². The summed E-state index contributed by atoms with van der Waals surface area (Å²) in [5, 5.41) is 2.78. The highest BCUT2D eigenvalue weighted by molar-refractivity contribution is 6.32. The normalized spacial score (nSPS) is 23.5. The van der Waals surface area contributed by atoms with Gasteiger partial charge in [0.15, 0.2) is 0 Å². The fourth-order valence-corrected chi connectivity index (χ4v) is 2.78. The van der Waals surface area contributed by atoms with Gasteiger partial charge in [-0.15, -0.1) is 0 Å². The number of rotatable bonds is 2. The second kappa shape index (κ2) is 5.35. The summed E-state index contributed by atoms with van der Waals surface area (Å²) in [6.07, 6.45) is 7.89. The van der Waals surface area contributed by atoms with Crippen LogP contribution in [0, 0.1) is 0 Å². The maximum Gasteiger partial charge on any atom is 0.138 e. The number of pyridine rings is 1. The quantitative estimate of drug-likeness (QED) is 0.913. The number of halogens is 1. The van der Waals surface area contributed by atoms with E-state index in [1.165, 1.54) is 0 Å². The fourth-order valence-electron chi connectivity index (χ4n) is 2.56. The Balaban J connectivity index is 1.82. The van der Waals surface area contributed by atoms with Gasteiger partial charge in [-0.3, -0.25) is 4.98 Å². The first-order valence-electron chi connectivity index (χ1n) is 6.68. The maximum absolute atomic E-state index is 6.27. The fraction of sp³-hybridized carbons (Fsp3) is 0.400. The highest BCUT2D eigenvalue weighted by atomic mass is 35.5. The number of nitrogens with zero attached hydrogens (tertiary/aromatic N) is 1. The van der Waals surface area contributed by atoms with E-state index < -0.39 is 0 Å². The molecule has 1 aromatic carbocycles. The highest BCUT2D eigenvalue weighted by Gasteiger charge is 2.20. The van der Waals surface area contributed by atoms with E-state index in [0.717, 1.165) is 42.2 Å². The molecule has 0 radical (unpaired) electrons. The van der Waals surface area contributed by atoms with Crippen molar-refractivity contribution in [2.45, 2.75) is 37.8 Å². The Morgan fingerprint density at radius 1 is 1.16 bits per heavy atom. The third-order valence-electron chi connectivity index (χ3n) is 3.70. The summed E-state index contributed by atoms with van der Waals surface area (Å²) in [5.41, 5.74) is 5.91. The molecular formula is C15H17ClN2O. The molecule has 0 saturated heterocycles. The van der Waals surface area contributed by atoms with Crippen LogP contribution in [0.15, 0.2) is 30.6 Å². The Morgan fingerprint density at radius 2 is 1.95 bits per heavy atom. The number of aromatic nitrogens is 1. The molecule has 100 valence electrons. The lowest BCUT2D eigenvalue weighted by atomic mass is 9.94. The molecule has 0 atom stereocenters. The monoisotopic (exact) mass is 276 g/mol. The molecule has 0 unspecified atom stereocenters. The van der Waals surface area contributed by atoms with E-state index in [0.29, 0.717) is 11.1 Å². The minimum Gasteiger partial charge on any atom is -0.489 e. The van der Waals surface area contributed by atoms with E-state index in [1.54, 1.807) is 6.20 Å². The molecule has 0 bridgehead atoms. The smallest absolute Gasteiger partial charge is 0.138 e. The summed E-state index contributed by atoms with van der Waals surface area (Å²) < 4.78 is 6.03. The molecule has 4 heteroatoms. The molecule has 1 heterocycles. The van der Waals surface area contributed by atoms with Crippen LogP contribution in [0.4, 0.5) is 0 Å². The Bertz CT molecular complexity index is 579. The average Bonchev–Trinajstić information content (AvgIpc) is 2.42. The largest absolute Gasteiger partial charge is 0.489 e. The van der Waals surface area contributed by atoms with E-state index in [-0.39, 0.29) is 6.10 Å². The van der Waals surface area contributed by atoms with Gasteiger partial charge < -0.3 is 10.5 Å². The number of fused-ring (bicyclic) bond motifs is 1. The molecule has 3 rings (SSSR count). The van der Waals surface area contributed by atoms with Gasteiger partial charge in [0.25, 0.3) is 0 Å². The number of benzene rings is 1. The Morgan fingerprint density at radius 3 is 2.74 bits per heavy atom. The van der Waals surface area contributed by atoms with Crippen LogP contribution in [-0.4, -0.2) is 17.1 Å². The van der Waals surface area contributed by atoms with Gasteiger partial charge in [-0.05, 0) is 49.3 Å².